The summed E-state index contributed by atoms with van der Waals surface area (Å²) < 4.78 is 18.5. The molecule has 2 rings (SSSR count). The minimum absolute atomic E-state index is 0.00589. The first-order chi connectivity index (χ1) is 10.4. The second-order valence-electron chi connectivity index (χ2n) is 5.23. The van der Waals surface area contributed by atoms with Crippen molar-refractivity contribution in [3.63, 3.8) is 0 Å². The van der Waals surface area contributed by atoms with Crippen LogP contribution in [0.1, 0.15) is 34.8 Å². The Balaban J connectivity index is 2.35. The van der Waals surface area contributed by atoms with Crippen LogP contribution in [0.25, 0.3) is 10.6 Å². The average molecular weight is 318 g/mol. The molecule has 0 aliphatic carbocycles. The molecule has 0 amide bonds. The molecule has 6 heteroatoms. The number of rotatable bonds is 5. The predicted molar refractivity (Wildman–Crippen MR) is 82.8 cm³/mol. The van der Waals surface area contributed by atoms with Crippen molar-refractivity contribution in [2.45, 2.75) is 20.8 Å². The number of carbonyl (C=O) groups is 1. The van der Waals surface area contributed by atoms with Crippen molar-refractivity contribution < 1.29 is 13.9 Å². The molecule has 1 aromatic carbocycles. The highest BCUT2D eigenvalue weighted by atomic mass is 32.1. The molecule has 4 nitrogen and oxygen atoms in total. The van der Waals surface area contributed by atoms with Gasteiger partial charge >= 0.3 is 6.04 Å². The fourth-order valence-corrected chi connectivity index (χ4v) is 2.73. The molecule has 1 aromatic heterocycles. The Morgan fingerprint density at radius 2 is 2.23 bits per heavy atom. The third-order valence-electron chi connectivity index (χ3n) is 2.89. The van der Waals surface area contributed by atoms with E-state index in [9.17, 15) is 14.4 Å². The summed E-state index contributed by atoms with van der Waals surface area (Å²) in [7, 11) is 0. The number of halogens is 1. The van der Waals surface area contributed by atoms with E-state index in [1.165, 1.54) is 0 Å². The Kier molecular flexibility index (Phi) is 4.88. The van der Waals surface area contributed by atoms with Gasteiger partial charge in [0.2, 0.25) is 0 Å². The van der Waals surface area contributed by atoms with Crippen molar-refractivity contribution in [2.24, 2.45) is 5.92 Å². The second kappa shape index (κ2) is 6.67. The number of aryl methyl sites for hydroxylation is 1. The summed E-state index contributed by atoms with van der Waals surface area (Å²) in [6, 6.07) is 5.69. The zero-order valence-electron chi connectivity index (χ0n) is 12.5. The highest BCUT2D eigenvalue weighted by Gasteiger charge is 2.16. The average Bonchev–Trinajstić information content (AvgIpc) is 2.87. The molecule has 0 radical (unpaired) electrons. The normalized spacial score (nSPS) is 10.5. The molecular weight excluding hydrogens is 303 g/mol. The number of nitriles is 1. The van der Waals surface area contributed by atoms with Crippen LogP contribution < -0.4 is 4.74 Å². The smallest absolute Gasteiger partial charge is 0.343 e. The standard InChI is InChI=1S/C16H15FN2O2S/c1-9(2)8-21-13-5-4-11(6-12(13)7-18)16-19-10(3)14(22-16)15(17)20/h4-6,9H,8H2,1-3H3. The molecule has 22 heavy (non-hydrogen) atoms. The van der Waals surface area contributed by atoms with Gasteiger partial charge in [0.25, 0.3) is 0 Å². The van der Waals surface area contributed by atoms with Crippen LogP contribution in [-0.4, -0.2) is 17.6 Å². The Morgan fingerprint density at radius 3 is 2.77 bits per heavy atom. The summed E-state index contributed by atoms with van der Waals surface area (Å²) in [6.45, 7) is 6.14. The first-order valence-electron chi connectivity index (χ1n) is 6.77. The predicted octanol–water partition coefficient (Wildman–Crippen LogP) is 4.13. The largest absolute Gasteiger partial charge is 0.492 e. The van der Waals surface area contributed by atoms with Gasteiger partial charge in [0.15, 0.2) is 0 Å². The van der Waals surface area contributed by atoms with Crippen LogP contribution in [0.15, 0.2) is 18.2 Å². The fourth-order valence-electron chi connectivity index (χ4n) is 1.83. The lowest BCUT2D eigenvalue weighted by molar-refractivity contribution is 0.0839. The summed E-state index contributed by atoms with van der Waals surface area (Å²) in [5.74, 6) is 0.862. The molecule has 0 aliphatic heterocycles. The van der Waals surface area contributed by atoms with Gasteiger partial charge < -0.3 is 4.74 Å². The van der Waals surface area contributed by atoms with E-state index in [4.69, 9.17) is 4.74 Å². The Labute approximate surface area is 132 Å². The molecule has 2 aromatic rings. The van der Waals surface area contributed by atoms with Crippen LogP contribution in [0.2, 0.25) is 0 Å². The minimum atomic E-state index is -1.49. The SMILES string of the molecule is Cc1nc(-c2ccc(OCC(C)C)c(C#N)c2)sc1C(=O)F. The number of carbonyl (C=O) groups excluding carboxylic acids is 1. The number of thiazole rings is 1. The monoisotopic (exact) mass is 318 g/mol. The number of hydrogen-bond donors (Lipinski definition) is 0. The van der Waals surface area contributed by atoms with Crippen molar-refractivity contribution in [2.75, 3.05) is 6.61 Å². The van der Waals surface area contributed by atoms with Gasteiger partial charge in [-0.2, -0.15) is 9.65 Å². The summed E-state index contributed by atoms with van der Waals surface area (Å²) in [6.07, 6.45) is 0. The van der Waals surface area contributed by atoms with Crippen LogP contribution >= 0.6 is 11.3 Å². The molecule has 1 heterocycles. The van der Waals surface area contributed by atoms with Gasteiger partial charge in [-0.25, -0.2) is 4.98 Å². The maximum absolute atomic E-state index is 12.9. The third kappa shape index (κ3) is 3.49. The zero-order valence-corrected chi connectivity index (χ0v) is 13.3. The molecule has 114 valence electrons. The van der Waals surface area contributed by atoms with E-state index in [1.54, 1.807) is 25.1 Å². The van der Waals surface area contributed by atoms with E-state index in [0.717, 1.165) is 11.3 Å². The Bertz CT molecular complexity index is 747. The molecule has 0 N–H and O–H groups in total. The van der Waals surface area contributed by atoms with Crippen molar-refractivity contribution in [3.05, 3.63) is 34.3 Å². The number of aromatic nitrogens is 1. The van der Waals surface area contributed by atoms with E-state index >= 15 is 0 Å². The maximum atomic E-state index is 12.9. The number of hydrogen-bond acceptors (Lipinski definition) is 5. The Morgan fingerprint density at radius 1 is 1.50 bits per heavy atom. The van der Waals surface area contributed by atoms with Gasteiger partial charge in [0.1, 0.15) is 21.7 Å². The number of ether oxygens (including phenoxy) is 1. The summed E-state index contributed by atoms with van der Waals surface area (Å²) >= 11 is 0.978. The van der Waals surface area contributed by atoms with Crippen LogP contribution in [0, 0.1) is 24.2 Å². The Hall–Kier alpha value is -2.26. The topological polar surface area (TPSA) is 63.0 Å². The lowest BCUT2D eigenvalue weighted by Gasteiger charge is -2.10. The molecule has 0 atom stereocenters. The first kappa shape index (κ1) is 16.1. The van der Waals surface area contributed by atoms with Crippen LogP contribution in [0.4, 0.5) is 4.39 Å². The van der Waals surface area contributed by atoms with Gasteiger partial charge in [-0.05, 0) is 31.0 Å². The van der Waals surface area contributed by atoms with Gasteiger partial charge in [-0.3, -0.25) is 4.79 Å². The highest BCUT2D eigenvalue weighted by molar-refractivity contribution is 7.17. The molecule has 0 aliphatic rings. The van der Waals surface area contributed by atoms with Crippen molar-refractivity contribution in [1.82, 2.24) is 4.98 Å². The quantitative estimate of drug-likeness (QED) is 0.777. The van der Waals surface area contributed by atoms with E-state index in [2.05, 4.69) is 11.1 Å². The summed E-state index contributed by atoms with van der Waals surface area (Å²) in [5, 5.41) is 9.75. The van der Waals surface area contributed by atoms with Crippen LogP contribution in [-0.2, 0) is 0 Å². The van der Waals surface area contributed by atoms with Gasteiger partial charge in [-0.1, -0.05) is 13.8 Å². The molecule has 0 fully saturated rings. The van der Waals surface area contributed by atoms with Gasteiger partial charge in [-0.15, -0.1) is 11.3 Å². The van der Waals surface area contributed by atoms with E-state index < -0.39 is 6.04 Å². The van der Waals surface area contributed by atoms with E-state index in [0.29, 0.717) is 40.1 Å². The third-order valence-corrected chi connectivity index (χ3v) is 4.07. The maximum Gasteiger partial charge on any atom is 0.343 e. The molecule has 0 spiro atoms. The van der Waals surface area contributed by atoms with Crippen molar-refractivity contribution in [3.8, 4) is 22.4 Å². The lowest BCUT2D eigenvalue weighted by atomic mass is 10.1. The summed E-state index contributed by atoms with van der Waals surface area (Å²) in [5.41, 5.74) is 1.40. The highest BCUT2D eigenvalue weighted by Crippen LogP contribution is 2.31. The minimum Gasteiger partial charge on any atom is -0.492 e. The van der Waals surface area contributed by atoms with Gasteiger partial charge in [0.05, 0.1) is 17.9 Å². The van der Waals surface area contributed by atoms with Crippen LogP contribution in [0.3, 0.4) is 0 Å². The number of nitrogens with zero attached hydrogens (tertiary/aromatic N) is 2. The van der Waals surface area contributed by atoms with Crippen LogP contribution in [0.5, 0.6) is 5.75 Å². The fraction of sp³-hybridized carbons (Fsp3) is 0.312. The number of benzene rings is 1. The molecule has 0 unspecified atom stereocenters. The van der Waals surface area contributed by atoms with Crippen molar-refractivity contribution >= 4 is 17.4 Å². The van der Waals surface area contributed by atoms with E-state index in [-0.39, 0.29) is 4.88 Å². The second-order valence-corrected chi connectivity index (χ2v) is 6.23. The van der Waals surface area contributed by atoms with Gasteiger partial charge in [0, 0.05) is 5.56 Å². The summed E-state index contributed by atoms with van der Waals surface area (Å²) in [4.78, 5) is 15.1. The molecular formula is C16H15FN2O2S. The zero-order chi connectivity index (χ0) is 16.3. The van der Waals surface area contributed by atoms with Crippen molar-refractivity contribution in [1.29, 1.82) is 5.26 Å². The van der Waals surface area contributed by atoms with E-state index in [1.807, 2.05) is 13.8 Å². The molecule has 0 saturated heterocycles. The first-order valence-corrected chi connectivity index (χ1v) is 7.58. The molecule has 0 saturated carbocycles. The lowest BCUT2D eigenvalue weighted by Crippen LogP contribution is -2.05. The molecule has 0 bridgehead atoms.